The number of thiophene rings is 1. The third kappa shape index (κ3) is 5.04. The third-order valence-electron chi connectivity index (χ3n) is 12.5. The van der Waals surface area contributed by atoms with Gasteiger partial charge in [0.05, 0.1) is 16.8 Å². The van der Waals surface area contributed by atoms with E-state index in [0.717, 1.165) is 71.9 Å². The van der Waals surface area contributed by atoms with Crippen LogP contribution in [0.2, 0.25) is 0 Å². The molecule has 0 saturated carbocycles. The fraction of sp³-hybridized carbons (Fsp3) is 0.0556. The normalized spacial score (nSPS) is 13.2. The van der Waals surface area contributed by atoms with Gasteiger partial charge in [-0.25, -0.2) is 4.98 Å². The van der Waals surface area contributed by atoms with Gasteiger partial charge in [0.2, 0.25) is 5.95 Å². The summed E-state index contributed by atoms with van der Waals surface area (Å²) in [6.07, 6.45) is 0. The van der Waals surface area contributed by atoms with Crippen LogP contribution in [0.15, 0.2) is 179 Å². The predicted octanol–water partition coefficient (Wildman–Crippen LogP) is 15.1. The summed E-state index contributed by atoms with van der Waals surface area (Å²) in [6, 6.07) is 59.4. The maximum atomic E-state index is 6.53. The SMILES string of the molecule is CC1(C)c2ccccc2-c2c(N(c3nc(-c4ccc5c(c4)sc4ccccc45)nc(-c4ccc5oc6ccccc6c5c4)n3)c3cccc4oc5ccccc5c34)cccc21. The van der Waals surface area contributed by atoms with Crippen molar-refractivity contribution < 1.29 is 8.83 Å². The van der Waals surface area contributed by atoms with Crippen molar-refractivity contribution in [1.82, 2.24) is 15.0 Å². The van der Waals surface area contributed by atoms with Gasteiger partial charge in [0.25, 0.3) is 0 Å². The highest BCUT2D eigenvalue weighted by Crippen LogP contribution is 2.55. The lowest BCUT2D eigenvalue weighted by molar-refractivity contribution is 0.660. The van der Waals surface area contributed by atoms with Gasteiger partial charge in [-0.2, -0.15) is 9.97 Å². The van der Waals surface area contributed by atoms with E-state index in [-0.39, 0.29) is 5.41 Å². The summed E-state index contributed by atoms with van der Waals surface area (Å²) in [5, 5.41) is 6.54. The number of furan rings is 2. The molecule has 61 heavy (non-hydrogen) atoms. The molecular weight excluding hydrogens is 769 g/mol. The van der Waals surface area contributed by atoms with Crippen molar-refractivity contribution in [3.05, 3.63) is 181 Å². The van der Waals surface area contributed by atoms with Gasteiger partial charge in [0.1, 0.15) is 22.3 Å². The largest absolute Gasteiger partial charge is 0.456 e. The van der Waals surface area contributed by atoms with Crippen molar-refractivity contribution in [2.75, 3.05) is 4.90 Å². The lowest BCUT2D eigenvalue weighted by Crippen LogP contribution is -2.18. The first-order chi connectivity index (χ1) is 30.0. The van der Waals surface area contributed by atoms with Gasteiger partial charge in [-0.3, -0.25) is 4.90 Å². The Morgan fingerprint density at radius 2 is 1.07 bits per heavy atom. The van der Waals surface area contributed by atoms with Crippen molar-refractivity contribution >= 4 is 92.7 Å². The fourth-order valence-electron chi connectivity index (χ4n) is 9.66. The first-order valence-electron chi connectivity index (χ1n) is 20.5. The molecule has 0 unspecified atom stereocenters. The Kier molecular flexibility index (Phi) is 7.13. The quantitative estimate of drug-likeness (QED) is 0.173. The van der Waals surface area contributed by atoms with Crippen LogP contribution in [0.5, 0.6) is 0 Å². The molecule has 6 nitrogen and oxygen atoms in total. The number of hydrogen-bond donors (Lipinski definition) is 0. The topological polar surface area (TPSA) is 68.2 Å². The molecule has 8 aromatic carbocycles. The van der Waals surface area contributed by atoms with Crippen LogP contribution in [0.1, 0.15) is 25.0 Å². The highest BCUT2D eigenvalue weighted by molar-refractivity contribution is 7.25. The summed E-state index contributed by atoms with van der Waals surface area (Å²) in [5.41, 5.74) is 11.6. The van der Waals surface area contributed by atoms with Gasteiger partial charge in [0.15, 0.2) is 11.6 Å². The second-order valence-electron chi connectivity index (χ2n) is 16.4. The molecule has 0 atom stereocenters. The molecule has 1 aliphatic carbocycles. The molecule has 0 bridgehead atoms. The number of fused-ring (bicyclic) bond motifs is 12. The van der Waals surface area contributed by atoms with Crippen molar-refractivity contribution in [3.8, 4) is 33.9 Å². The van der Waals surface area contributed by atoms with Gasteiger partial charge in [-0.1, -0.05) is 123 Å². The Morgan fingerprint density at radius 3 is 1.93 bits per heavy atom. The minimum absolute atomic E-state index is 0.222. The summed E-state index contributed by atoms with van der Waals surface area (Å²) >= 11 is 1.79. The summed E-state index contributed by atoms with van der Waals surface area (Å²) < 4.78 is 15.2. The summed E-state index contributed by atoms with van der Waals surface area (Å²) in [6.45, 7) is 4.63. The lowest BCUT2D eigenvalue weighted by atomic mass is 9.82. The summed E-state index contributed by atoms with van der Waals surface area (Å²) in [4.78, 5) is 18.5. The molecule has 4 heterocycles. The zero-order valence-corrected chi connectivity index (χ0v) is 34.0. The monoisotopic (exact) mass is 802 g/mol. The average Bonchev–Trinajstić information content (AvgIpc) is 4.04. The zero-order chi connectivity index (χ0) is 40.4. The van der Waals surface area contributed by atoms with E-state index in [1.807, 2.05) is 42.5 Å². The number of benzene rings is 8. The van der Waals surface area contributed by atoms with Crippen LogP contribution in [-0.4, -0.2) is 15.0 Å². The highest BCUT2D eigenvalue weighted by Gasteiger charge is 2.38. The van der Waals surface area contributed by atoms with E-state index >= 15 is 0 Å². The molecule has 0 N–H and O–H groups in total. The molecule has 13 rings (SSSR count). The van der Waals surface area contributed by atoms with Crippen LogP contribution in [0.4, 0.5) is 17.3 Å². The van der Waals surface area contributed by atoms with E-state index in [1.165, 1.54) is 36.9 Å². The van der Waals surface area contributed by atoms with Gasteiger partial charge in [-0.15, -0.1) is 11.3 Å². The van der Waals surface area contributed by atoms with Crippen LogP contribution in [0.3, 0.4) is 0 Å². The van der Waals surface area contributed by atoms with E-state index in [0.29, 0.717) is 17.6 Å². The van der Waals surface area contributed by atoms with Gasteiger partial charge >= 0.3 is 0 Å². The second-order valence-corrected chi connectivity index (χ2v) is 17.4. The number of anilines is 3. The molecule has 4 aromatic heterocycles. The van der Waals surface area contributed by atoms with Crippen LogP contribution in [-0.2, 0) is 5.41 Å². The molecule has 7 heteroatoms. The molecule has 12 aromatic rings. The Balaban J connectivity index is 1.13. The summed E-state index contributed by atoms with van der Waals surface area (Å²) in [7, 11) is 0. The smallest absolute Gasteiger partial charge is 0.238 e. The van der Waals surface area contributed by atoms with Crippen molar-refractivity contribution in [3.63, 3.8) is 0 Å². The lowest BCUT2D eigenvalue weighted by Gasteiger charge is -2.28. The van der Waals surface area contributed by atoms with E-state index in [1.54, 1.807) is 11.3 Å². The number of hydrogen-bond acceptors (Lipinski definition) is 7. The molecule has 288 valence electrons. The molecule has 0 aliphatic heterocycles. The maximum absolute atomic E-state index is 6.53. The van der Waals surface area contributed by atoms with E-state index in [2.05, 4.69) is 146 Å². The maximum Gasteiger partial charge on any atom is 0.238 e. The van der Waals surface area contributed by atoms with E-state index < -0.39 is 0 Å². The second kappa shape index (κ2) is 12.7. The van der Waals surface area contributed by atoms with Crippen molar-refractivity contribution in [1.29, 1.82) is 0 Å². The first-order valence-corrected chi connectivity index (χ1v) is 21.3. The van der Waals surface area contributed by atoms with Crippen LogP contribution in [0.25, 0.3) is 98.0 Å². The molecule has 0 fully saturated rings. The Labute approximate surface area is 354 Å². The van der Waals surface area contributed by atoms with Gasteiger partial charge < -0.3 is 8.83 Å². The Morgan fingerprint density at radius 1 is 0.459 bits per heavy atom. The number of para-hydroxylation sites is 2. The molecule has 0 spiro atoms. The minimum atomic E-state index is -0.222. The highest BCUT2D eigenvalue weighted by atomic mass is 32.1. The van der Waals surface area contributed by atoms with E-state index in [9.17, 15) is 0 Å². The fourth-order valence-corrected chi connectivity index (χ4v) is 10.8. The predicted molar refractivity (Wildman–Crippen MR) is 250 cm³/mol. The Hall–Kier alpha value is -7.61. The third-order valence-corrected chi connectivity index (χ3v) is 13.7. The van der Waals surface area contributed by atoms with Crippen LogP contribution >= 0.6 is 11.3 Å². The average molecular weight is 803 g/mol. The van der Waals surface area contributed by atoms with Crippen LogP contribution in [0, 0.1) is 0 Å². The Bertz CT molecular complexity index is 3780. The molecular formula is C54H34N4O2S. The van der Waals surface area contributed by atoms with Crippen molar-refractivity contribution in [2.45, 2.75) is 19.3 Å². The van der Waals surface area contributed by atoms with Gasteiger partial charge in [-0.05, 0) is 77.4 Å². The zero-order valence-electron chi connectivity index (χ0n) is 33.2. The standard InChI is InChI=1S/C54H34N4O2S/c1-54(2)39-17-7-3-15-36(39)49-40(54)18-11-19-41(49)58(42-20-12-23-46-50(42)37-16-5-9-22-44(37)60-46)53-56-51(31-26-28-45-38(29-31)33-13-4-8-21-43(33)59-45)55-52(57-53)32-25-27-35-34-14-6-10-24-47(34)61-48(35)30-32/h3-30H,1-2H3. The molecule has 0 amide bonds. The molecule has 0 saturated heterocycles. The van der Waals surface area contributed by atoms with Gasteiger partial charge in [0, 0.05) is 58.4 Å². The number of nitrogens with zero attached hydrogens (tertiary/aromatic N) is 4. The summed E-state index contributed by atoms with van der Waals surface area (Å²) in [5.74, 6) is 1.65. The number of aromatic nitrogens is 3. The van der Waals surface area contributed by atoms with E-state index in [4.69, 9.17) is 23.8 Å². The number of rotatable bonds is 5. The first kappa shape index (κ1) is 34.3. The van der Waals surface area contributed by atoms with Crippen LogP contribution < -0.4 is 4.90 Å². The molecule has 0 radical (unpaired) electrons. The minimum Gasteiger partial charge on any atom is -0.456 e. The van der Waals surface area contributed by atoms with Crippen molar-refractivity contribution in [2.24, 2.45) is 0 Å². The molecule has 1 aliphatic rings.